The second-order valence-electron chi connectivity index (χ2n) is 6.01. The first-order chi connectivity index (χ1) is 8.71. The van der Waals surface area contributed by atoms with Crippen LogP contribution in [0.1, 0.15) is 13.8 Å². The first kappa shape index (κ1) is 13.1. The monoisotopic (exact) mass is 287 g/mol. The van der Waals surface area contributed by atoms with Gasteiger partial charge < -0.3 is 4.74 Å². The molecule has 0 aromatic heterocycles. The topological polar surface area (TPSA) is 72.9 Å². The highest BCUT2D eigenvalue weighted by Gasteiger charge is 2.75. The van der Waals surface area contributed by atoms with Crippen molar-refractivity contribution in [2.45, 2.75) is 37.5 Å². The minimum atomic E-state index is -3.62. The molecule has 2 bridgehead atoms. The molecule has 5 unspecified atom stereocenters. The molecule has 106 valence electrons. The molecule has 2 saturated heterocycles. The van der Waals surface area contributed by atoms with Gasteiger partial charge in [0.2, 0.25) is 0 Å². The number of esters is 1. The largest absolute Gasteiger partial charge is 0.455 e. The van der Waals surface area contributed by atoms with Gasteiger partial charge in [0.1, 0.15) is 17.6 Å². The molecule has 3 fully saturated rings. The van der Waals surface area contributed by atoms with E-state index in [0.717, 1.165) is 6.08 Å². The van der Waals surface area contributed by atoms with Crippen LogP contribution in [0.3, 0.4) is 0 Å². The second kappa shape index (κ2) is 3.59. The Balaban J connectivity index is 2.04. The van der Waals surface area contributed by atoms with E-state index in [1.165, 1.54) is 0 Å². The van der Waals surface area contributed by atoms with E-state index in [-0.39, 0.29) is 17.4 Å². The van der Waals surface area contributed by atoms with Crippen LogP contribution in [0.15, 0.2) is 12.7 Å². The second-order valence-corrected chi connectivity index (χ2v) is 7.67. The number of ether oxygens (including phenoxy) is 1. The summed E-state index contributed by atoms with van der Waals surface area (Å²) in [6.07, 6.45) is -0.0564. The maximum absolute atomic E-state index is 12.1. The molecule has 3 rings (SSSR count). The van der Waals surface area contributed by atoms with E-state index in [1.807, 2.05) is 13.8 Å². The minimum Gasteiger partial charge on any atom is -0.455 e. The van der Waals surface area contributed by atoms with E-state index < -0.39 is 33.7 Å². The summed E-state index contributed by atoms with van der Waals surface area (Å²) >= 11 is 0. The number of carbonyl (C=O) groups is 1. The van der Waals surface area contributed by atoms with Crippen molar-refractivity contribution >= 4 is 16.1 Å². The third-order valence-electron chi connectivity index (χ3n) is 4.72. The summed E-state index contributed by atoms with van der Waals surface area (Å²) in [5.74, 6) is -0.721. The van der Waals surface area contributed by atoms with E-state index >= 15 is 0 Å². The fraction of sp³-hybridized carbons (Fsp3) is 0.750. The summed E-state index contributed by atoms with van der Waals surface area (Å²) in [5.41, 5.74) is -0.278. The maximum Gasteiger partial charge on any atom is 0.330 e. The van der Waals surface area contributed by atoms with Gasteiger partial charge in [0, 0.05) is 12.0 Å². The number of nitrogens with zero attached hydrogens (tertiary/aromatic N) is 1. The van der Waals surface area contributed by atoms with Gasteiger partial charge in [0.05, 0.1) is 6.04 Å². The third kappa shape index (κ3) is 1.43. The van der Waals surface area contributed by atoms with Gasteiger partial charge in [-0.2, -0.15) is 8.42 Å². The molecule has 7 heteroatoms. The zero-order valence-corrected chi connectivity index (χ0v) is 11.9. The molecule has 6 nitrogen and oxygen atoms in total. The lowest BCUT2D eigenvalue weighted by Gasteiger charge is -2.32. The summed E-state index contributed by atoms with van der Waals surface area (Å²) in [7, 11) is -1.87. The minimum absolute atomic E-state index is 0.159. The molecular formula is C12H17NO5S. The molecule has 0 amide bonds. The lowest BCUT2D eigenvalue weighted by molar-refractivity contribution is -0.151. The van der Waals surface area contributed by atoms with E-state index in [1.54, 1.807) is 11.9 Å². The summed E-state index contributed by atoms with van der Waals surface area (Å²) in [6.45, 7) is 7.36. The van der Waals surface area contributed by atoms with Gasteiger partial charge in [-0.15, -0.1) is 0 Å². The number of fused-ring (bicyclic) bond motifs is 1. The van der Waals surface area contributed by atoms with Gasteiger partial charge in [-0.05, 0) is 12.5 Å². The van der Waals surface area contributed by atoms with Crippen molar-refractivity contribution in [1.82, 2.24) is 4.90 Å². The van der Waals surface area contributed by atoms with Gasteiger partial charge in [0.25, 0.3) is 10.1 Å². The molecule has 0 spiro atoms. The number of hydrogen-bond acceptors (Lipinski definition) is 6. The maximum atomic E-state index is 12.1. The fourth-order valence-electron chi connectivity index (χ4n) is 4.15. The highest BCUT2D eigenvalue weighted by atomic mass is 32.2. The Morgan fingerprint density at radius 3 is 2.68 bits per heavy atom. The fourth-order valence-corrected chi connectivity index (χ4v) is 6.21. The van der Waals surface area contributed by atoms with E-state index in [2.05, 4.69) is 6.58 Å². The molecule has 1 saturated carbocycles. The highest BCUT2D eigenvalue weighted by molar-refractivity contribution is 7.87. The standard InChI is InChI=1S/C12H17NO5S/c1-5-6(14)17-9-8-7-11(19(15,16)18-8)13(4)10(9)12(7,2)3/h5,7-11H,1H2,2-4H3. The van der Waals surface area contributed by atoms with E-state index in [9.17, 15) is 13.2 Å². The van der Waals surface area contributed by atoms with Crippen LogP contribution in [0.2, 0.25) is 0 Å². The average Bonchev–Trinajstić information content (AvgIpc) is 2.74. The Kier molecular flexibility index (Phi) is 2.47. The van der Waals surface area contributed by atoms with Crippen LogP contribution in [0.25, 0.3) is 0 Å². The summed E-state index contributed by atoms with van der Waals surface area (Å²) in [6, 6.07) is -0.159. The van der Waals surface area contributed by atoms with Crippen LogP contribution in [-0.2, 0) is 23.8 Å². The van der Waals surface area contributed by atoms with Crippen LogP contribution in [0.4, 0.5) is 0 Å². The third-order valence-corrected chi connectivity index (χ3v) is 6.43. The molecule has 0 aromatic rings. The quantitative estimate of drug-likeness (QED) is 0.408. The van der Waals surface area contributed by atoms with Gasteiger partial charge in [-0.1, -0.05) is 20.4 Å². The van der Waals surface area contributed by atoms with Crippen LogP contribution in [0.5, 0.6) is 0 Å². The van der Waals surface area contributed by atoms with E-state index in [4.69, 9.17) is 8.92 Å². The van der Waals surface area contributed by atoms with Crippen molar-refractivity contribution in [3.8, 4) is 0 Å². The zero-order chi connectivity index (χ0) is 14.2. The number of likely N-dealkylation sites (N-methyl/N-ethyl adjacent to an activating group) is 1. The van der Waals surface area contributed by atoms with Crippen LogP contribution < -0.4 is 0 Å². The van der Waals surface area contributed by atoms with Crippen molar-refractivity contribution in [3.63, 3.8) is 0 Å². The Labute approximate surface area is 112 Å². The van der Waals surface area contributed by atoms with Crippen LogP contribution in [0, 0.1) is 11.3 Å². The Morgan fingerprint density at radius 2 is 2.11 bits per heavy atom. The number of carbonyl (C=O) groups excluding carboxylic acids is 1. The molecule has 1 aliphatic carbocycles. The van der Waals surface area contributed by atoms with Gasteiger partial charge in [-0.3, -0.25) is 9.08 Å². The molecule has 3 aliphatic rings. The molecule has 0 radical (unpaired) electrons. The first-order valence-corrected chi connectivity index (χ1v) is 7.66. The van der Waals surface area contributed by atoms with Crippen molar-refractivity contribution in [2.75, 3.05) is 7.05 Å². The number of piperidine rings is 1. The summed E-state index contributed by atoms with van der Waals surface area (Å²) < 4.78 is 34.7. The van der Waals surface area contributed by atoms with Crippen molar-refractivity contribution < 1.29 is 22.1 Å². The Bertz CT molecular complexity index is 554. The Morgan fingerprint density at radius 1 is 1.47 bits per heavy atom. The predicted octanol–water partition coefficient (Wildman–Crippen LogP) is 0.109. The lowest BCUT2D eigenvalue weighted by atomic mass is 9.82. The van der Waals surface area contributed by atoms with Crippen molar-refractivity contribution in [1.29, 1.82) is 0 Å². The molecule has 5 atom stereocenters. The molecular weight excluding hydrogens is 270 g/mol. The van der Waals surface area contributed by atoms with Crippen molar-refractivity contribution in [2.24, 2.45) is 11.3 Å². The molecule has 2 heterocycles. The van der Waals surface area contributed by atoms with Gasteiger partial charge in [-0.25, -0.2) is 4.79 Å². The molecule has 0 N–H and O–H groups in total. The molecule has 2 aliphatic heterocycles. The predicted molar refractivity (Wildman–Crippen MR) is 66.5 cm³/mol. The SMILES string of the molecule is C=CC(=O)OC1C2OS(=O)(=O)C3C2C(C)(C)C1N3C. The smallest absolute Gasteiger partial charge is 0.330 e. The highest BCUT2D eigenvalue weighted by Crippen LogP contribution is 2.61. The molecule has 0 aromatic carbocycles. The average molecular weight is 287 g/mol. The zero-order valence-electron chi connectivity index (χ0n) is 11.1. The lowest BCUT2D eigenvalue weighted by Crippen LogP contribution is -2.50. The normalized spacial score (nSPS) is 45.3. The van der Waals surface area contributed by atoms with Gasteiger partial charge in [0.15, 0.2) is 0 Å². The number of hydrogen-bond donors (Lipinski definition) is 0. The number of likely N-dealkylation sites (tertiary alicyclic amines) is 1. The van der Waals surface area contributed by atoms with Crippen molar-refractivity contribution in [3.05, 3.63) is 12.7 Å². The van der Waals surface area contributed by atoms with Gasteiger partial charge >= 0.3 is 5.97 Å². The first-order valence-electron chi connectivity index (χ1n) is 6.19. The Hall–Kier alpha value is -0.920. The number of rotatable bonds is 2. The van der Waals surface area contributed by atoms with Crippen LogP contribution in [-0.4, -0.2) is 50.0 Å². The summed E-state index contributed by atoms with van der Waals surface area (Å²) in [4.78, 5) is 13.2. The van der Waals surface area contributed by atoms with Crippen LogP contribution >= 0.6 is 0 Å². The van der Waals surface area contributed by atoms with E-state index in [0.29, 0.717) is 0 Å². The summed E-state index contributed by atoms with van der Waals surface area (Å²) in [5, 5.41) is -0.629. The molecule has 19 heavy (non-hydrogen) atoms.